The monoisotopic (exact) mass is 155 g/mol. The van der Waals surface area contributed by atoms with Gasteiger partial charge in [0.2, 0.25) is 0 Å². The van der Waals surface area contributed by atoms with E-state index in [4.69, 9.17) is 4.74 Å². The molecule has 1 saturated carbocycles. The van der Waals surface area contributed by atoms with Crippen molar-refractivity contribution in [1.82, 2.24) is 0 Å². The van der Waals surface area contributed by atoms with Gasteiger partial charge >= 0.3 is 0 Å². The summed E-state index contributed by atoms with van der Waals surface area (Å²) in [6.45, 7) is 1.93. The van der Waals surface area contributed by atoms with Gasteiger partial charge in [-0.1, -0.05) is 6.42 Å². The molecule has 2 heteroatoms. The summed E-state index contributed by atoms with van der Waals surface area (Å²) >= 11 is 0. The van der Waals surface area contributed by atoms with Crippen LogP contribution in [-0.2, 0) is 4.74 Å². The van der Waals surface area contributed by atoms with Crippen LogP contribution in [0.5, 0.6) is 0 Å². The fourth-order valence-corrected chi connectivity index (χ4v) is 1.48. The third kappa shape index (κ3) is 2.91. The zero-order valence-electron chi connectivity index (χ0n) is 7.47. The molecule has 0 atom stereocenters. The lowest BCUT2D eigenvalue weighted by Crippen LogP contribution is -2.19. The first-order chi connectivity index (χ1) is 5.33. The standard InChI is InChI=1S/C9H17NO/c1-8(10-2)11-9-6-4-3-5-7-9/h9H,3-7H2,1-2H3. The van der Waals surface area contributed by atoms with Crippen molar-refractivity contribution < 1.29 is 4.74 Å². The molecule has 64 valence electrons. The van der Waals surface area contributed by atoms with Crippen molar-refractivity contribution >= 4 is 5.90 Å². The fraction of sp³-hybridized carbons (Fsp3) is 0.889. The lowest BCUT2D eigenvalue weighted by Gasteiger charge is -2.22. The highest BCUT2D eigenvalue weighted by atomic mass is 16.5. The molecule has 1 fully saturated rings. The summed E-state index contributed by atoms with van der Waals surface area (Å²) in [4.78, 5) is 3.98. The van der Waals surface area contributed by atoms with Crippen molar-refractivity contribution in [1.29, 1.82) is 0 Å². The molecule has 0 amide bonds. The summed E-state index contributed by atoms with van der Waals surface area (Å²) in [6, 6.07) is 0. The first kappa shape index (κ1) is 8.57. The number of rotatable bonds is 1. The molecule has 0 aromatic heterocycles. The molecule has 0 radical (unpaired) electrons. The number of hydrogen-bond donors (Lipinski definition) is 0. The first-order valence-corrected chi connectivity index (χ1v) is 4.43. The second kappa shape index (κ2) is 4.37. The van der Waals surface area contributed by atoms with Crippen molar-refractivity contribution in [3.63, 3.8) is 0 Å². The van der Waals surface area contributed by atoms with E-state index >= 15 is 0 Å². The molecule has 0 unspecified atom stereocenters. The molecule has 0 aliphatic heterocycles. The normalized spacial score (nSPS) is 21.8. The summed E-state index contributed by atoms with van der Waals surface area (Å²) in [5.74, 6) is 0.830. The summed E-state index contributed by atoms with van der Waals surface area (Å²) in [5, 5.41) is 0. The smallest absolute Gasteiger partial charge is 0.180 e. The topological polar surface area (TPSA) is 21.6 Å². The molecule has 1 aliphatic carbocycles. The molecule has 0 saturated heterocycles. The van der Waals surface area contributed by atoms with Crippen molar-refractivity contribution in [2.45, 2.75) is 45.1 Å². The zero-order chi connectivity index (χ0) is 8.10. The molecule has 11 heavy (non-hydrogen) atoms. The van der Waals surface area contributed by atoms with Gasteiger partial charge in [-0.05, 0) is 25.7 Å². The van der Waals surface area contributed by atoms with E-state index in [9.17, 15) is 0 Å². The SMILES string of the molecule is CN=C(C)OC1CCCCC1. The van der Waals surface area contributed by atoms with Crippen LogP contribution in [0.2, 0.25) is 0 Å². The van der Waals surface area contributed by atoms with Crippen LogP contribution < -0.4 is 0 Å². The van der Waals surface area contributed by atoms with E-state index in [2.05, 4.69) is 4.99 Å². The molecule has 0 aromatic rings. The minimum absolute atomic E-state index is 0.451. The summed E-state index contributed by atoms with van der Waals surface area (Å²) in [5.41, 5.74) is 0. The van der Waals surface area contributed by atoms with E-state index in [-0.39, 0.29) is 0 Å². The van der Waals surface area contributed by atoms with Gasteiger partial charge in [-0.25, -0.2) is 0 Å². The van der Waals surface area contributed by atoms with Crippen LogP contribution in [0.1, 0.15) is 39.0 Å². The Hall–Kier alpha value is -0.530. The van der Waals surface area contributed by atoms with Crippen LogP contribution in [-0.4, -0.2) is 19.0 Å². The molecule has 1 aliphatic rings. The first-order valence-electron chi connectivity index (χ1n) is 4.43. The van der Waals surface area contributed by atoms with Gasteiger partial charge in [0.05, 0.1) is 0 Å². The fourth-order valence-electron chi connectivity index (χ4n) is 1.48. The number of aliphatic imine (C=N–C) groups is 1. The summed E-state index contributed by atoms with van der Waals surface area (Å²) in [7, 11) is 1.78. The van der Waals surface area contributed by atoms with Crippen molar-refractivity contribution in [3.8, 4) is 0 Å². The highest BCUT2D eigenvalue weighted by Gasteiger charge is 2.14. The maximum absolute atomic E-state index is 5.59. The summed E-state index contributed by atoms with van der Waals surface area (Å²) in [6.07, 6.45) is 6.90. The van der Waals surface area contributed by atoms with Crippen LogP contribution in [0.25, 0.3) is 0 Å². The van der Waals surface area contributed by atoms with E-state index < -0.39 is 0 Å². The molecule has 0 aromatic carbocycles. The molecule has 0 spiro atoms. The molecule has 1 rings (SSSR count). The minimum Gasteiger partial charge on any atom is -0.478 e. The Morgan fingerprint density at radius 1 is 1.27 bits per heavy atom. The van der Waals surface area contributed by atoms with Gasteiger partial charge in [0, 0.05) is 14.0 Å². The minimum atomic E-state index is 0.451. The van der Waals surface area contributed by atoms with E-state index in [1.54, 1.807) is 7.05 Å². The van der Waals surface area contributed by atoms with Crippen LogP contribution >= 0.6 is 0 Å². The highest BCUT2D eigenvalue weighted by molar-refractivity contribution is 5.73. The zero-order valence-corrected chi connectivity index (χ0v) is 7.47. The van der Waals surface area contributed by atoms with Gasteiger partial charge in [-0.2, -0.15) is 0 Å². The average molecular weight is 155 g/mol. The molecule has 0 bridgehead atoms. The van der Waals surface area contributed by atoms with E-state index in [0.717, 1.165) is 5.90 Å². The van der Waals surface area contributed by atoms with Gasteiger partial charge in [0.1, 0.15) is 6.10 Å². The van der Waals surface area contributed by atoms with E-state index in [1.165, 1.54) is 32.1 Å². The van der Waals surface area contributed by atoms with Crippen LogP contribution in [0.4, 0.5) is 0 Å². The van der Waals surface area contributed by atoms with Gasteiger partial charge in [0.25, 0.3) is 0 Å². The van der Waals surface area contributed by atoms with E-state index in [0.29, 0.717) is 6.10 Å². The Bertz CT molecular complexity index is 136. The quantitative estimate of drug-likeness (QED) is 0.421. The Labute approximate surface area is 68.7 Å². The van der Waals surface area contributed by atoms with Gasteiger partial charge < -0.3 is 4.74 Å². The van der Waals surface area contributed by atoms with Crippen molar-refractivity contribution in [2.24, 2.45) is 4.99 Å². The maximum Gasteiger partial charge on any atom is 0.180 e. The predicted molar refractivity (Wildman–Crippen MR) is 47.0 cm³/mol. The number of ether oxygens (including phenoxy) is 1. The molecule has 0 N–H and O–H groups in total. The molecular weight excluding hydrogens is 138 g/mol. The van der Waals surface area contributed by atoms with Crippen LogP contribution in [0, 0.1) is 0 Å². The second-order valence-electron chi connectivity index (χ2n) is 3.12. The number of hydrogen-bond acceptors (Lipinski definition) is 2. The van der Waals surface area contributed by atoms with Crippen molar-refractivity contribution in [3.05, 3.63) is 0 Å². The Morgan fingerprint density at radius 3 is 2.45 bits per heavy atom. The Morgan fingerprint density at radius 2 is 1.91 bits per heavy atom. The average Bonchev–Trinajstić information content (AvgIpc) is 2.06. The van der Waals surface area contributed by atoms with Crippen LogP contribution in [0.3, 0.4) is 0 Å². The Balaban J connectivity index is 2.24. The lowest BCUT2D eigenvalue weighted by atomic mass is 9.98. The second-order valence-corrected chi connectivity index (χ2v) is 3.12. The third-order valence-electron chi connectivity index (χ3n) is 2.20. The Kier molecular flexibility index (Phi) is 3.40. The maximum atomic E-state index is 5.59. The number of nitrogens with zero attached hydrogens (tertiary/aromatic N) is 1. The van der Waals surface area contributed by atoms with Crippen LogP contribution in [0.15, 0.2) is 4.99 Å². The van der Waals surface area contributed by atoms with Gasteiger partial charge in [-0.15, -0.1) is 0 Å². The lowest BCUT2D eigenvalue weighted by molar-refractivity contribution is 0.141. The van der Waals surface area contributed by atoms with Crippen molar-refractivity contribution in [2.75, 3.05) is 7.05 Å². The summed E-state index contributed by atoms with van der Waals surface area (Å²) < 4.78 is 5.59. The van der Waals surface area contributed by atoms with Gasteiger partial charge in [0.15, 0.2) is 5.90 Å². The molecule has 2 nitrogen and oxygen atoms in total. The molecule has 0 heterocycles. The van der Waals surface area contributed by atoms with E-state index in [1.807, 2.05) is 6.92 Å². The molecular formula is C9H17NO. The largest absolute Gasteiger partial charge is 0.478 e. The highest BCUT2D eigenvalue weighted by Crippen LogP contribution is 2.20. The predicted octanol–water partition coefficient (Wildman–Crippen LogP) is 2.38. The van der Waals surface area contributed by atoms with Gasteiger partial charge in [-0.3, -0.25) is 4.99 Å². The third-order valence-corrected chi connectivity index (χ3v) is 2.20.